The number of aromatic nitrogens is 2. The fraction of sp³-hybridized carbons (Fsp3) is 0.245. The van der Waals surface area contributed by atoms with E-state index in [9.17, 15) is 0 Å². The Labute approximate surface area is 672 Å². The summed E-state index contributed by atoms with van der Waals surface area (Å²) in [6.07, 6.45) is 12.3. The van der Waals surface area contributed by atoms with Gasteiger partial charge in [0, 0.05) is 123 Å². The number of hydrogen-bond acceptors (Lipinski definition) is 16. The molecule has 21 rings (SSSR count). The summed E-state index contributed by atoms with van der Waals surface area (Å²) in [5, 5.41) is 9.43. The van der Waals surface area contributed by atoms with Crippen LogP contribution in [0.25, 0.3) is 87.8 Å². The van der Waals surface area contributed by atoms with E-state index in [0.717, 1.165) is 67.3 Å². The molecule has 0 fully saturated rings. The SMILES string of the molecule is Cc1ccc2c(oc3ccccc32)c1N1C=CN(C(C)C)C1C.Cc1ccc2c(oc3ccccc32)c1N1C=CN(C)C1C.Cc1ccc2c(oc3ccccc32)c1N1c2ccccc2N(C(C)C)C1C.Cc1ccc2c(oc3ccccc32)c1N1c2ccccc2N(C)C1C.[2H]C([2H])([2H])N1c2nccnc2N(c2ccccc2C)C1C. The number of benzene rings is 11. The average molecular weight is 1510 g/mol. The zero-order valence-corrected chi connectivity index (χ0v) is 67.8. The van der Waals surface area contributed by atoms with E-state index in [1.54, 1.807) is 6.20 Å². The van der Waals surface area contributed by atoms with E-state index >= 15 is 0 Å². The standard InChI is InChI=1S/C24H24N2O.C22H20N2O.C20H22N2O.C18H18N2O.C14H16N4/c1-15(2)25-17(4)26(21-11-7-6-10-20(21)25)23-16(3)13-14-19-18-9-5-8-12-22(18)27-24(19)23;1-14-12-13-17-16-8-4-7-11-20(16)25-22(17)21(14)24-15(2)23(3)18-9-5-6-10-19(18)24;1-13(2)21-11-12-22(15(21)4)19-14(3)9-10-17-16-7-5-6-8-18(16)23-20(17)19;1-12-8-9-15-14-6-4-5-7-16(14)21-18(15)17(12)20-11-10-19(3)13(20)2;1-10-6-4-5-7-12(10)18-11(2)17(3)13-14(18)16-9-8-15-13/h5-15,17H,1-4H3;4-13,15H,1-3H3;5-13,15H,1-4H3;4-11,13H,1-3H3;4-9,11H,1-3H3/i;;;;3D3. The number of nitrogens with zero attached hydrogens (tertiary/aromatic N) is 12. The van der Waals surface area contributed by atoms with E-state index < -0.39 is 6.98 Å². The summed E-state index contributed by atoms with van der Waals surface area (Å²) in [5.74, 6) is 0.976. The summed E-state index contributed by atoms with van der Waals surface area (Å²) in [6.45, 7) is 28.1. The van der Waals surface area contributed by atoms with Crippen molar-refractivity contribution < 1.29 is 21.8 Å². The van der Waals surface area contributed by atoms with E-state index in [-0.39, 0.29) is 24.7 Å². The Morgan fingerprint density at radius 2 is 0.684 bits per heavy atom. The van der Waals surface area contributed by atoms with Crippen LogP contribution in [0.3, 0.4) is 0 Å². The molecule has 16 heteroatoms. The van der Waals surface area contributed by atoms with Crippen molar-refractivity contribution in [1.29, 1.82) is 0 Å². The molecule has 5 aromatic heterocycles. The Hall–Kier alpha value is -12.8. The van der Waals surface area contributed by atoms with Crippen LogP contribution in [-0.2, 0) is 0 Å². The highest BCUT2D eigenvalue weighted by molar-refractivity contribution is 6.14. The highest BCUT2D eigenvalue weighted by atomic mass is 16.3. The largest absolute Gasteiger partial charge is 0.454 e. The van der Waals surface area contributed by atoms with Crippen molar-refractivity contribution in [3.8, 4) is 0 Å². The first-order valence-corrected chi connectivity index (χ1v) is 39.7. The third-order valence-electron chi connectivity index (χ3n) is 23.6. The van der Waals surface area contributed by atoms with Crippen molar-refractivity contribution in [2.45, 2.75) is 140 Å². The van der Waals surface area contributed by atoms with Crippen LogP contribution < -0.4 is 39.2 Å². The molecule has 0 aliphatic carbocycles. The lowest BCUT2D eigenvalue weighted by Gasteiger charge is -2.33. The maximum Gasteiger partial charge on any atom is 0.178 e. The van der Waals surface area contributed by atoms with Gasteiger partial charge in [-0.2, -0.15) is 0 Å². The van der Waals surface area contributed by atoms with Crippen LogP contribution in [0.4, 0.5) is 62.8 Å². The van der Waals surface area contributed by atoms with Gasteiger partial charge in [0.1, 0.15) is 53.2 Å². The van der Waals surface area contributed by atoms with Gasteiger partial charge in [0.2, 0.25) is 0 Å². The predicted octanol–water partition coefficient (Wildman–Crippen LogP) is 24.9. The van der Waals surface area contributed by atoms with Crippen LogP contribution in [0.5, 0.6) is 0 Å². The lowest BCUT2D eigenvalue weighted by atomic mass is 10.1. The number of para-hydroxylation sites is 9. The second-order valence-electron chi connectivity index (χ2n) is 31.2. The fourth-order valence-electron chi connectivity index (χ4n) is 17.6. The number of anilines is 11. The summed E-state index contributed by atoms with van der Waals surface area (Å²) >= 11 is 0. The molecule has 576 valence electrons. The number of hydrogen-bond donors (Lipinski definition) is 0. The molecule has 0 bridgehead atoms. The molecule has 5 aliphatic rings. The molecular formula is C98H100N12O4. The monoisotopic (exact) mass is 1510 g/mol. The second kappa shape index (κ2) is 29.7. The van der Waals surface area contributed by atoms with Crippen LogP contribution in [-0.4, -0.2) is 83.8 Å². The van der Waals surface area contributed by atoms with Crippen LogP contribution >= 0.6 is 0 Å². The van der Waals surface area contributed by atoms with Gasteiger partial charge in [-0.05, 0) is 179 Å². The Bertz CT molecular complexity index is 6510. The van der Waals surface area contributed by atoms with E-state index in [0.29, 0.717) is 29.9 Å². The Kier molecular flexibility index (Phi) is 18.3. The molecule has 11 aromatic carbocycles. The first-order chi connectivity index (χ1) is 56.4. The molecule has 16 nitrogen and oxygen atoms in total. The van der Waals surface area contributed by atoms with E-state index in [1.165, 1.54) is 111 Å². The minimum atomic E-state index is -2.26. The van der Waals surface area contributed by atoms with Gasteiger partial charge >= 0.3 is 0 Å². The van der Waals surface area contributed by atoms with Gasteiger partial charge < -0.3 is 66.7 Å². The zero-order valence-electron chi connectivity index (χ0n) is 70.8. The highest BCUT2D eigenvalue weighted by Gasteiger charge is 2.39. The lowest BCUT2D eigenvalue weighted by Crippen LogP contribution is -2.42. The van der Waals surface area contributed by atoms with E-state index in [1.807, 2.05) is 85.5 Å². The zero-order chi connectivity index (χ0) is 81.7. The van der Waals surface area contributed by atoms with Crippen molar-refractivity contribution in [2.75, 3.05) is 60.3 Å². The van der Waals surface area contributed by atoms with Crippen molar-refractivity contribution in [3.05, 3.63) is 283 Å². The van der Waals surface area contributed by atoms with Gasteiger partial charge in [-0.1, -0.05) is 164 Å². The molecule has 0 N–H and O–H groups in total. The molecule has 5 atom stereocenters. The molecule has 0 saturated heterocycles. The smallest absolute Gasteiger partial charge is 0.178 e. The summed E-state index contributed by atoms with van der Waals surface area (Å²) in [7, 11) is 4.24. The minimum Gasteiger partial charge on any atom is -0.454 e. The fourth-order valence-corrected chi connectivity index (χ4v) is 17.6. The topological polar surface area (TPSA) is 111 Å². The number of aryl methyl sites for hydroxylation is 5. The van der Waals surface area contributed by atoms with Gasteiger partial charge in [-0.25, -0.2) is 9.97 Å². The third-order valence-corrected chi connectivity index (χ3v) is 23.6. The van der Waals surface area contributed by atoms with Gasteiger partial charge in [-0.15, -0.1) is 0 Å². The summed E-state index contributed by atoms with van der Waals surface area (Å²) in [4.78, 5) is 30.6. The predicted molar refractivity (Wildman–Crippen MR) is 476 cm³/mol. The van der Waals surface area contributed by atoms with Gasteiger partial charge in [-0.3, -0.25) is 0 Å². The van der Waals surface area contributed by atoms with Crippen LogP contribution in [0, 0.1) is 34.6 Å². The van der Waals surface area contributed by atoms with E-state index in [4.69, 9.17) is 21.8 Å². The molecule has 5 unspecified atom stereocenters. The highest BCUT2D eigenvalue weighted by Crippen LogP contribution is 2.52. The van der Waals surface area contributed by atoms with Gasteiger partial charge in [0.05, 0.1) is 45.5 Å². The maximum absolute atomic E-state index is 7.76. The van der Waals surface area contributed by atoms with Crippen molar-refractivity contribution >= 4 is 151 Å². The van der Waals surface area contributed by atoms with Crippen molar-refractivity contribution in [2.24, 2.45) is 0 Å². The molecule has 5 aliphatic heterocycles. The van der Waals surface area contributed by atoms with Gasteiger partial charge in [0.25, 0.3) is 0 Å². The van der Waals surface area contributed by atoms with Crippen LogP contribution in [0.15, 0.2) is 273 Å². The van der Waals surface area contributed by atoms with Gasteiger partial charge in [0.15, 0.2) is 34.0 Å². The second-order valence-corrected chi connectivity index (χ2v) is 31.2. The Morgan fingerprint density at radius 1 is 0.316 bits per heavy atom. The first-order valence-electron chi connectivity index (χ1n) is 41.2. The molecular weight excluding hydrogens is 1410 g/mol. The summed E-state index contributed by atoms with van der Waals surface area (Å²) in [6, 6.07) is 76.5. The Morgan fingerprint density at radius 3 is 1.11 bits per heavy atom. The first kappa shape index (κ1) is 70.3. The molecule has 0 saturated carbocycles. The lowest BCUT2D eigenvalue weighted by molar-refractivity contribution is 0.263. The minimum absolute atomic E-state index is 0.222. The Balaban J connectivity index is 0.000000105. The normalized spacial score (nSPS) is 18.0. The summed E-state index contributed by atoms with van der Waals surface area (Å²) in [5.41, 5.74) is 24.3. The molecule has 114 heavy (non-hydrogen) atoms. The number of fused-ring (bicyclic) bond motifs is 15. The van der Waals surface area contributed by atoms with Crippen LogP contribution in [0.1, 0.15) is 94.2 Å². The molecule has 16 aromatic rings. The summed E-state index contributed by atoms with van der Waals surface area (Å²) < 4.78 is 48.4. The molecule has 0 amide bonds. The molecule has 10 heterocycles. The quantitative estimate of drug-likeness (QED) is 0.151. The third kappa shape index (κ3) is 12.4. The van der Waals surface area contributed by atoms with Crippen molar-refractivity contribution in [3.63, 3.8) is 0 Å². The number of rotatable bonds is 7. The maximum atomic E-state index is 7.76. The van der Waals surface area contributed by atoms with E-state index in [2.05, 4.69) is 323 Å². The molecule has 0 radical (unpaired) electrons. The number of furan rings is 4. The average Bonchev–Trinajstić information content (AvgIpc) is 1.59. The van der Waals surface area contributed by atoms with Crippen molar-refractivity contribution in [1.82, 2.24) is 19.8 Å². The van der Waals surface area contributed by atoms with Crippen LogP contribution in [0.2, 0.25) is 0 Å². The molecule has 0 spiro atoms.